The van der Waals surface area contributed by atoms with Gasteiger partial charge in [-0.15, -0.1) is 0 Å². The number of thiazole rings is 1. The number of nitrogens with one attached hydrogen (secondary N) is 1. The molecule has 1 aliphatic rings. The molecule has 2 aromatic heterocycles. The van der Waals surface area contributed by atoms with Crippen molar-refractivity contribution in [2.75, 3.05) is 32.2 Å². The van der Waals surface area contributed by atoms with E-state index in [2.05, 4.69) is 20.2 Å². The number of rotatable bonds is 6. The maximum atomic E-state index is 12.8. The second kappa shape index (κ2) is 8.65. The van der Waals surface area contributed by atoms with Gasteiger partial charge in [-0.1, -0.05) is 17.4 Å². The maximum Gasteiger partial charge on any atom is 0.225 e. The lowest BCUT2D eigenvalue weighted by atomic mass is 9.97. The molecule has 0 spiro atoms. The fourth-order valence-corrected chi connectivity index (χ4v) is 4.53. The number of nitrogens with zero attached hydrogens (tertiary/aromatic N) is 3. The Morgan fingerprint density at radius 1 is 1.28 bits per heavy atom. The number of carbonyl (C=O) groups excluding carboxylic acids is 1. The van der Waals surface area contributed by atoms with Crippen LogP contribution in [0.3, 0.4) is 0 Å². The zero-order valence-electron chi connectivity index (χ0n) is 16.6. The largest absolute Gasteiger partial charge is 0.493 e. The highest BCUT2D eigenvalue weighted by Crippen LogP contribution is 2.31. The highest BCUT2D eigenvalue weighted by molar-refractivity contribution is 7.21. The van der Waals surface area contributed by atoms with Crippen LogP contribution in [-0.2, 0) is 11.3 Å². The van der Waals surface area contributed by atoms with Crippen molar-refractivity contribution in [3.8, 4) is 11.5 Å². The van der Waals surface area contributed by atoms with Crippen molar-refractivity contribution in [3.05, 3.63) is 42.1 Å². The Labute approximate surface area is 173 Å². The first-order valence-electron chi connectivity index (χ1n) is 9.63. The zero-order chi connectivity index (χ0) is 20.2. The molecular formula is C21H24N4O3S. The van der Waals surface area contributed by atoms with Crippen LogP contribution in [0, 0.1) is 5.92 Å². The molecule has 3 aromatic rings. The quantitative estimate of drug-likeness (QED) is 0.670. The zero-order valence-corrected chi connectivity index (χ0v) is 17.4. The highest BCUT2D eigenvalue weighted by Gasteiger charge is 2.27. The number of pyridine rings is 1. The molecule has 0 saturated carbocycles. The molecule has 0 radical (unpaired) electrons. The average molecular weight is 413 g/mol. The van der Waals surface area contributed by atoms with Crippen LogP contribution in [0.4, 0.5) is 5.13 Å². The molecule has 1 atom stereocenters. The van der Waals surface area contributed by atoms with Gasteiger partial charge in [-0.2, -0.15) is 0 Å². The number of ether oxygens (including phenoxy) is 2. The maximum absolute atomic E-state index is 12.8. The number of fused-ring (bicyclic) bond motifs is 1. The van der Waals surface area contributed by atoms with Gasteiger partial charge < -0.3 is 19.7 Å². The molecule has 1 amide bonds. The third kappa shape index (κ3) is 4.27. The van der Waals surface area contributed by atoms with Crippen molar-refractivity contribution in [3.63, 3.8) is 0 Å². The fourth-order valence-electron chi connectivity index (χ4n) is 3.58. The summed E-state index contributed by atoms with van der Waals surface area (Å²) in [5.74, 6) is 1.36. The van der Waals surface area contributed by atoms with Crippen molar-refractivity contribution in [2.45, 2.75) is 19.4 Å². The van der Waals surface area contributed by atoms with Gasteiger partial charge >= 0.3 is 0 Å². The third-order valence-corrected chi connectivity index (χ3v) is 6.17. The number of methoxy groups -OCH3 is 2. The summed E-state index contributed by atoms with van der Waals surface area (Å²) in [7, 11) is 3.21. The van der Waals surface area contributed by atoms with E-state index in [1.165, 1.54) is 0 Å². The standard InChI is InChI=1S/C21H24N4O3S/c1-27-17-8-7-14(11-18(17)28-2)12-23-19(26)15-5-4-10-25(13-15)21-24-16-6-3-9-22-20(16)29-21/h3,6-9,11,15H,4-5,10,12-13H2,1-2H3,(H,23,26)/t15-/m0/s1. The molecule has 0 bridgehead atoms. The SMILES string of the molecule is COc1ccc(CNC(=O)[C@H]2CCCN(c3nc4cccnc4s3)C2)cc1OC. The summed E-state index contributed by atoms with van der Waals surface area (Å²) in [4.78, 5) is 25.0. The van der Waals surface area contributed by atoms with Crippen LogP contribution in [0.25, 0.3) is 10.3 Å². The van der Waals surface area contributed by atoms with Crippen LogP contribution in [0.5, 0.6) is 11.5 Å². The van der Waals surface area contributed by atoms with Crippen LogP contribution >= 0.6 is 11.3 Å². The van der Waals surface area contributed by atoms with Gasteiger partial charge in [-0.3, -0.25) is 4.79 Å². The highest BCUT2D eigenvalue weighted by atomic mass is 32.1. The minimum absolute atomic E-state index is 0.0520. The molecule has 0 unspecified atom stereocenters. The molecule has 1 aromatic carbocycles. The van der Waals surface area contributed by atoms with Crippen molar-refractivity contribution in [1.29, 1.82) is 0 Å². The van der Waals surface area contributed by atoms with E-state index in [9.17, 15) is 4.79 Å². The average Bonchev–Trinajstić information content (AvgIpc) is 3.21. The van der Waals surface area contributed by atoms with Crippen LogP contribution in [-0.4, -0.2) is 43.2 Å². The van der Waals surface area contributed by atoms with Crippen molar-refractivity contribution in [1.82, 2.24) is 15.3 Å². The van der Waals surface area contributed by atoms with E-state index in [4.69, 9.17) is 9.47 Å². The molecule has 4 rings (SSSR count). The molecule has 1 N–H and O–H groups in total. The summed E-state index contributed by atoms with van der Waals surface area (Å²) < 4.78 is 10.6. The topological polar surface area (TPSA) is 76.6 Å². The Balaban J connectivity index is 1.38. The summed E-state index contributed by atoms with van der Waals surface area (Å²) in [6, 6.07) is 9.54. The predicted molar refractivity (Wildman–Crippen MR) is 114 cm³/mol. The Morgan fingerprint density at radius 3 is 2.93 bits per heavy atom. The van der Waals surface area contributed by atoms with Crippen molar-refractivity contribution in [2.24, 2.45) is 5.92 Å². The molecule has 29 heavy (non-hydrogen) atoms. The first-order valence-corrected chi connectivity index (χ1v) is 10.4. The van der Waals surface area contributed by atoms with E-state index in [0.29, 0.717) is 24.6 Å². The van der Waals surface area contributed by atoms with Crippen LogP contribution < -0.4 is 19.7 Å². The molecule has 0 aliphatic carbocycles. The predicted octanol–water partition coefficient (Wildman–Crippen LogP) is 3.24. The van der Waals surface area contributed by atoms with E-state index in [1.54, 1.807) is 31.8 Å². The third-order valence-electron chi connectivity index (χ3n) is 5.13. The summed E-state index contributed by atoms with van der Waals surface area (Å²) in [6.45, 7) is 2.05. The van der Waals surface area contributed by atoms with E-state index >= 15 is 0 Å². The number of piperidine rings is 1. The Morgan fingerprint density at radius 2 is 2.14 bits per heavy atom. The normalized spacial score (nSPS) is 16.6. The molecule has 7 nitrogen and oxygen atoms in total. The van der Waals surface area contributed by atoms with Gasteiger partial charge in [-0.05, 0) is 42.7 Å². The summed E-state index contributed by atoms with van der Waals surface area (Å²) >= 11 is 1.58. The van der Waals surface area contributed by atoms with Crippen molar-refractivity contribution >= 4 is 32.7 Å². The second-order valence-electron chi connectivity index (χ2n) is 7.02. The fraction of sp³-hybridized carbons (Fsp3) is 0.381. The van der Waals surface area contributed by atoms with E-state index in [1.807, 2.05) is 30.3 Å². The lowest BCUT2D eigenvalue weighted by Gasteiger charge is -2.31. The van der Waals surface area contributed by atoms with Gasteiger partial charge in [0, 0.05) is 25.8 Å². The lowest BCUT2D eigenvalue weighted by molar-refractivity contribution is -0.125. The van der Waals surface area contributed by atoms with Crippen molar-refractivity contribution < 1.29 is 14.3 Å². The number of hydrogen-bond acceptors (Lipinski definition) is 7. The number of amides is 1. The number of carbonyl (C=O) groups is 1. The molecule has 1 saturated heterocycles. The first kappa shape index (κ1) is 19.4. The summed E-state index contributed by atoms with van der Waals surface area (Å²) in [5, 5.41) is 4.01. The minimum atomic E-state index is -0.0520. The Hall–Kier alpha value is -2.87. The van der Waals surface area contributed by atoms with E-state index < -0.39 is 0 Å². The Kier molecular flexibility index (Phi) is 5.80. The van der Waals surface area contributed by atoms with Gasteiger partial charge in [0.15, 0.2) is 16.6 Å². The number of aromatic nitrogens is 2. The van der Waals surface area contributed by atoms with Gasteiger partial charge in [0.25, 0.3) is 0 Å². The molecule has 3 heterocycles. The monoisotopic (exact) mass is 412 g/mol. The number of hydrogen-bond donors (Lipinski definition) is 1. The van der Waals surface area contributed by atoms with Crippen LogP contribution in [0.1, 0.15) is 18.4 Å². The van der Waals surface area contributed by atoms with Crippen LogP contribution in [0.2, 0.25) is 0 Å². The Bertz CT molecular complexity index is 974. The molecule has 1 aliphatic heterocycles. The van der Waals surface area contributed by atoms with Gasteiger partial charge in [0.2, 0.25) is 5.91 Å². The van der Waals surface area contributed by atoms with Gasteiger partial charge in [0.1, 0.15) is 10.3 Å². The molecular weight excluding hydrogens is 388 g/mol. The van der Waals surface area contributed by atoms with Gasteiger partial charge in [0.05, 0.1) is 20.1 Å². The molecule has 152 valence electrons. The van der Waals surface area contributed by atoms with Gasteiger partial charge in [-0.25, -0.2) is 9.97 Å². The molecule has 8 heteroatoms. The summed E-state index contributed by atoms with van der Waals surface area (Å²) in [5.41, 5.74) is 1.88. The second-order valence-corrected chi connectivity index (χ2v) is 7.97. The van der Waals surface area contributed by atoms with E-state index in [0.717, 1.165) is 40.4 Å². The van der Waals surface area contributed by atoms with Crippen LogP contribution in [0.15, 0.2) is 36.5 Å². The number of anilines is 1. The number of benzene rings is 1. The smallest absolute Gasteiger partial charge is 0.225 e. The first-order chi connectivity index (χ1) is 14.2. The molecule has 1 fully saturated rings. The summed E-state index contributed by atoms with van der Waals surface area (Å²) in [6.07, 6.45) is 3.64. The minimum Gasteiger partial charge on any atom is -0.493 e. The lowest BCUT2D eigenvalue weighted by Crippen LogP contribution is -2.42. The van der Waals surface area contributed by atoms with E-state index in [-0.39, 0.29) is 11.8 Å².